The fraction of sp³-hybridized carbons (Fsp3) is 0.778. The summed E-state index contributed by atoms with van der Waals surface area (Å²) in [7, 11) is 1.15. The molecule has 15 heavy (non-hydrogen) atoms. The quantitative estimate of drug-likeness (QED) is 0.305. The Morgan fingerprint density at radius 2 is 2.07 bits per heavy atom. The lowest BCUT2D eigenvalue weighted by atomic mass is 10.1. The van der Waals surface area contributed by atoms with Crippen LogP contribution < -0.4 is 11.1 Å². The van der Waals surface area contributed by atoms with Gasteiger partial charge in [0.15, 0.2) is 0 Å². The zero-order chi connectivity index (χ0) is 11.9. The van der Waals surface area contributed by atoms with E-state index in [-0.39, 0.29) is 6.42 Å². The highest BCUT2D eigenvalue weighted by Crippen LogP contribution is 2.12. The van der Waals surface area contributed by atoms with Crippen molar-refractivity contribution in [2.75, 3.05) is 13.7 Å². The summed E-state index contributed by atoms with van der Waals surface area (Å²) in [4.78, 5) is 22.1. The number of rotatable bonds is 6. The molecule has 0 saturated heterocycles. The number of nitrogens with two attached hydrogens (primary N) is 1. The molecule has 6 nitrogen and oxygen atoms in total. The van der Waals surface area contributed by atoms with Crippen LogP contribution in [0.5, 0.6) is 0 Å². The second kappa shape index (κ2) is 6.36. The van der Waals surface area contributed by atoms with Crippen LogP contribution in [-0.2, 0) is 14.3 Å². The van der Waals surface area contributed by atoms with Gasteiger partial charge < -0.3 is 20.9 Å². The summed E-state index contributed by atoms with van der Waals surface area (Å²) in [5.74, 6) is -1.36. The van der Waals surface area contributed by atoms with Crippen molar-refractivity contribution in [3.8, 4) is 0 Å². The first-order chi connectivity index (χ1) is 6.96. The van der Waals surface area contributed by atoms with Crippen molar-refractivity contribution < 1.29 is 19.4 Å². The maximum Gasteiger partial charge on any atom is 0.359 e. The fourth-order valence-corrected chi connectivity index (χ4v) is 1.20. The van der Waals surface area contributed by atoms with Crippen molar-refractivity contribution >= 4 is 11.9 Å². The molecule has 0 aromatic heterocycles. The third kappa shape index (κ3) is 4.75. The van der Waals surface area contributed by atoms with E-state index in [2.05, 4.69) is 10.1 Å². The van der Waals surface area contributed by atoms with Crippen LogP contribution in [0.3, 0.4) is 0 Å². The second-order valence-electron chi connectivity index (χ2n) is 3.28. The first-order valence-electron chi connectivity index (χ1n) is 4.76. The Labute approximate surface area is 88.8 Å². The predicted octanol–water partition coefficient (Wildman–Crippen LogP) is -0.887. The van der Waals surface area contributed by atoms with Crippen molar-refractivity contribution in [3.05, 3.63) is 0 Å². The molecule has 0 unspecified atom stereocenters. The molecule has 0 radical (unpaired) electrons. The van der Waals surface area contributed by atoms with Gasteiger partial charge in [0.25, 0.3) is 0 Å². The molecule has 0 aliphatic heterocycles. The molecule has 0 fully saturated rings. The molecule has 1 atom stereocenters. The molecule has 1 amide bonds. The maximum absolute atomic E-state index is 11.2. The van der Waals surface area contributed by atoms with Crippen LogP contribution in [0.15, 0.2) is 0 Å². The topological polar surface area (TPSA) is 102 Å². The number of hydrogen-bond donors (Lipinski definition) is 3. The maximum atomic E-state index is 11.2. The Morgan fingerprint density at radius 3 is 2.47 bits per heavy atom. The summed E-state index contributed by atoms with van der Waals surface area (Å²) in [5.41, 5.74) is 3.35. The zero-order valence-electron chi connectivity index (χ0n) is 9.08. The number of hydrogen-bond acceptors (Lipinski definition) is 5. The summed E-state index contributed by atoms with van der Waals surface area (Å²) in [5, 5.41) is 12.0. The van der Waals surface area contributed by atoms with E-state index in [9.17, 15) is 14.7 Å². The molecule has 0 bridgehead atoms. The Hall–Kier alpha value is -1.14. The summed E-state index contributed by atoms with van der Waals surface area (Å²) in [6.07, 6.45) is 1.29. The molecule has 0 aliphatic rings. The highest BCUT2D eigenvalue weighted by Gasteiger charge is 2.37. The fourth-order valence-electron chi connectivity index (χ4n) is 1.20. The molecule has 0 aromatic rings. The number of unbranched alkanes of at least 4 members (excludes halogenated alkanes) is 1. The smallest absolute Gasteiger partial charge is 0.359 e. The molecular formula is C9H18N2O4. The SMILES string of the molecule is COC(=O)[C@](O)(CCCCN)NC(C)=O. The van der Waals surface area contributed by atoms with Crippen molar-refractivity contribution in [3.63, 3.8) is 0 Å². The molecule has 0 rings (SSSR count). The molecule has 4 N–H and O–H groups in total. The van der Waals surface area contributed by atoms with E-state index in [1.54, 1.807) is 0 Å². The van der Waals surface area contributed by atoms with E-state index < -0.39 is 17.6 Å². The minimum Gasteiger partial charge on any atom is -0.465 e. The number of amides is 1. The monoisotopic (exact) mass is 218 g/mol. The Morgan fingerprint density at radius 1 is 1.47 bits per heavy atom. The molecule has 88 valence electrons. The predicted molar refractivity (Wildman–Crippen MR) is 53.7 cm³/mol. The third-order valence-corrected chi connectivity index (χ3v) is 1.90. The van der Waals surface area contributed by atoms with Gasteiger partial charge >= 0.3 is 5.97 Å². The molecule has 0 heterocycles. The minimum atomic E-state index is -1.93. The zero-order valence-corrected chi connectivity index (χ0v) is 9.08. The van der Waals surface area contributed by atoms with Gasteiger partial charge in [-0.05, 0) is 19.4 Å². The molecule has 0 spiro atoms. The van der Waals surface area contributed by atoms with E-state index >= 15 is 0 Å². The van der Waals surface area contributed by atoms with E-state index in [0.29, 0.717) is 19.4 Å². The van der Waals surface area contributed by atoms with Gasteiger partial charge in [0, 0.05) is 13.3 Å². The number of ether oxygens (including phenoxy) is 1. The number of aliphatic hydroxyl groups is 1. The molecular weight excluding hydrogens is 200 g/mol. The summed E-state index contributed by atoms with van der Waals surface area (Å²) < 4.78 is 4.41. The van der Waals surface area contributed by atoms with Crippen molar-refractivity contribution in [2.24, 2.45) is 5.73 Å². The Balaban J connectivity index is 4.40. The standard InChI is InChI=1S/C9H18N2O4/c1-7(12)11-9(14,8(13)15-2)5-3-4-6-10/h14H,3-6,10H2,1-2H3,(H,11,12)/t9-/m1/s1. The highest BCUT2D eigenvalue weighted by molar-refractivity contribution is 5.85. The number of esters is 1. The van der Waals surface area contributed by atoms with Gasteiger partial charge in [-0.2, -0.15) is 0 Å². The second-order valence-corrected chi connectivity index (χ2v) is 3.28. The summed E-state index contributed by atoms with van der Waals surface area (Å²) in [6, 6.07) is 0. The van der Waals surface area contributed by atoms with Crippen molar-refractivity contribution in [1.82, 2.24) is 5.32 Å². The van der Waals surface area contributed by atoms with Gasteiger partial charge in [-0.3, -0.25) is 4.79 Å². The van der Waals surface area contributed by atoms with E-state index in [1.807, 2.05) is 0 Å². The largest absolute Gasteiger partial charge is 0.465 e. The molecule has 0 aliphatic carbocycles. The van der Waals surface area contributed by atoms with Crippen LogP contribution >= 0.6 is 0 Å². The van der Waals surface area contributed by atoms with Crippen LogP contribution in [0.1, 0.15) is 26.2 Å². The number of carbonyl (C=O) groups excluding carboxylic acids is 2. The average Bonchev–Trinajstić information content (AvgIpc) is 2.15. The Kier molecular flexibility index (Phi) is 5.88. The normalized spacial score (nSPS) is 14.1. The van der Waals surface area contributed by atoms with Crippen LogP contribution in [0.4, 0.5) is 0 Å². The molecule has 0 saturated carbocycles. The lowest BCUT2D eigenvalue weighted by Crippen LogP contribution is -2.54. The lowest BCUT2D eigenvalue weighted by Gasteiger charge is -2.25. The van der Waals surface area contributed by atoms with Gasteiger partial charge in [-0.1, -0.05) is 0 Å². The van der Waals surface area contributed by atoms with Crippen LogP contribution in [0.2, 0.25) is 0 Å². The number of carbonyl (C=O) groups is 2. The van der Waals surface area contributed by atoms with Crippen molar-refractivity contribution in [1.29, 1.82) is 0 Å². The van der Waals surface area contributed by atoms with Gasteiger partial charge in [0.2, 0.25) is 11.6 Å². The van der Waals surface area contributed by atoms with Crippen LogP contribution in [0, 0.1) is 0 Å². The number of nitrogens with one attached hydrogen (secondary N) is 1. The van der Waals surface area contributed by atoms with Gasteiger partial charge in [-0.15, -0.1) is 0 Å². The highest BCUT2D eigenvalue weighted by atomic mass is 16.5. The summed E-state index contributed by atoms with van der Waals surface area (Å²) >= 11 is 0. The molecule has 6 heteroatoms. The average molecular weight is 218 g/mol. The summed E-state index contributed by atoms with van der Waals surface area (Å²) in [6.45, 7) is 1.69. The Bertz CT molecular complexity index is 232. The molecule has 0 aromatic carbocycles. The van der Waals surface area contributed by atoms with E-state index in [0.717, 1.165) is 7.11 Å². The van der Waals surface area contributed by atoms with Crippen LogP contribution in [-0.4, -0.2) is 36.4 Å². The lowest BCUT2D eigenvalue weighted by molar-refractivity contribution is -0.169. The van der Waals surface area contributed by atoms with E-state index in [4.69, 9.17) is 5.73 Å². The first-order valence-corrected chi connectivity index (χ1v) is 4.76. The van der Waals surface area contributed by atoms with Crippen LogP contribution in [0.25, 0.3) is 0 Å². The first kappa shape index (κ1) is 13.9. The third-order valence-electron chi connectivity index (χ3n) is 1.90. The number of methoxy groups -OCH3 is 1. The van der Waals surface area contributed by atoms with Gasteiger partial charge in [0.05, 0.1) is 7.11 Å². The van der Waals surface area contributed by atoms with E-state index in [1.165, 1.54) is 6.92 Å². The van der Waals surface area contributed by atoms with Crippen molar-refractivity contribution in [2.45, 2.75) is 31.9 Å². The van der Waals surface area contributed by atoms with Gasteiger partial charge in [0.1, 0.15) is 0 Å². The van der Waals surface area contributed by atoms with Gasteiger partial charge in [-0.25, -0.2) is 4.79 Å². The minimum absolute atomic E-state index is 0.0937.